The standard InChI is InChI=1S/C28H28O10/c1-13(2)35-16-10-18(31)24-22(11-16)38-28(26(33)25(24)32)15-5-7-19-21(9-15)37-27(23(12-29)36-19)14-4-6-17(30)20(8-14)34-3/h4-11,13,23,26-31,33H,12H2,1-3H3. The Hall–Kier alpha value is -4.15. The second kappa shape index (κ2) is 9.96. The van der Waals surface area contributed by atoms with Gasteiger partial charge in [0.15, 0.2) is 47.4 Å². The van der Waals surface area contributed by atoms with Crippen LogP contribution in [0, 0.1) is 0 Å². The highest BCUT2D eigenvalue weighted by molar-refractivity contribution is 6.05. The summed E-state index contributed by atoms with van der Waals surface area (Å²) >= 11 is 0. The summed E-state index contributed by atoms with van der Waals surface area (Å²) in [6.45, 7) is 3.31. The lowest BCUT2D eigenvalue weighted by atomic mass is 9.92. The maximum absolute atomic E-state index is 13.0. The van der Waals surface area contributed by atoms with Crippen LogP contribution < -0.4 is 23.7 Å². The van der Waals surface area contributed by atoms with E-state index >= 15 is 0 Å². The fourth-order valence-corrected chi connectivity index (χ4v) is 4.61. The van der Waals surface area contributed by atoms with Gasteiger partial charge < -0.3 is 44.1 Å². The molecule has 0 spiro atoms. The quantitative estimate of drug-likeness (QED) is 0.378. The number of phenolic OH excluding ortho intramolecular Hbond substituents is 2. The fraction of sp³-hybridized carbons (Fsp3) is 0.321. The van der Waals surface area contributed by atoms with Crippen LogP contribution in [0.1, 0.15) is 47.5 Å². The van der Waals surface area contributed by atoms with Crippen molar-refractivity contribution >= 4 is 5.78 Å². The third-order valence-electron chi connectivity index (χ3n) is 6.36. The Morgan fingerprint density at radius 3 is 2.29 bits per heavy atom. The van der Waals surface area contributed by atoms with Crippen LogP contribution in [0.25, 0.3) is 0 Å². The number of aliphatic hydroxyl groups is 2. The minimum absolute atomic E-state index is 0.0439. The van der Waals surface area contributed by atoms with E-state index < -0.39 is 30.2 Å². The van der Waals surface area contributed by atoms with Crippen molar-refractivity contribution in [2.75, 3.05) is 13.7 Å². The van der Waals surface area contributed by atoms with E-state index in [1.54, 1.807) is 30.3 Å². The van der Waals surface area contributed by atoms with Crippen molar-refractivity contribution in [3.8, 4) is 40.2 Å². The molecule has 4 atom stereocenters. The smallest absolute Gasteiger partial charge is 0.202 e. The lowest BCUT2D eigenvalue weighted by Crippen LogP contribution is -2.37. The molecule has 0 bridgehead atoms. The summed E-state index contributed by atoms with van der Waals surface area (Å²) in [6, 6.07) is 12.3. The molecule has 2 aliphatic rings. The van der Waals surface area contributed by atoms with Gasteiger partial charge in [0, 0.05) is 17.7 Å². The van der Waals surface area contributed by atoms with Gasteiger partial charge in [0.25, 0.3) is 0 Å². The summed E-state index contributed by atoms with van der Waals surface area (Å²) in [4.78, 5) is 13.0. The Morgan fingerprint density at radius 2 is 1.58 bits per heavy atom. The Kier molecular flexibility index (Phi) is 6.68. The van der Waals surface area contributed by atoms with Gasteiger partial charge in [0.05, 0.1) is 19.8 Å². The highest BCUT2D eigenvalue weighted by Gasteiger charge is 2.40. The van der Waals surface area contributed by atoms with Gasteiger partial charge in [-0.1, -0.05) is 12.1 Å². The molecular weight excluding hydrogens is 496 g/mol. The first-order valence-electron chi connectivity index (χ1n) is 12.1. The van der Waals surface area contributed by atoms with Gasteiger partial charge in [-0.15, -0.1) is 0 Å². The predicted molar refractivity (Wildman–Crippen MR) is 134 cm³/mol. The van der Waals surface area contributed by atoms with Crippen molar-refractivity contribution in [1.82, 2.24) is 0 Å². The number of Topliss-reactive ketones (excluding diaryl/α,β-unsaturated/α-hetero) is 1. The van der Waals surface area contributed by atoms with Crippen molar-refractivity contribution in [3.63, 3.8) is 0 Å². The number of rotatable bonds is 6. The van der Waals surface area contributed by atoms with Crippen molar-refractivity contribution < 1.29 is 48.9 Å². The van der Waals surface area contributed by atoms with E-state index in [0.717, 1.165) is 0 Å². The molecule has 0 aromatic heterocycles. The van der Waals surface area contributed by atoms with Crippen molar-refractivity contribution in [2.45, 2.75) is 44.4 Å². The molecule has 4 unspecified atom stereocenters. The molecule has 4 N–H and O–H groups in total. The highest BCUT2D eigenvalue weighted by Crippen LogP contribution is 2.46. The summed E-state index contributed by atoms with van der Waals surface area (Å²) in [5.41, 5.74) is 0.911. The molecule has 10 heteroatoms. The molecule has 5 rings (SSSR count). The molecule has 3 aromatic carbocycles. The van der Waals surface area contributed by atoms with Crippen LogP contribution in [0.5, 0.6) is 40.2 Å². The Bertz CT molecular complexity index is 1370. The molecule has 0 saturated heterocycles. The topological polar surface area (TPSA) is 144 Å². The second-order valence-electron chi connectivity index (χ2n) is 9.34. The number of carbonyl (C=O) groups excluding carboxylic acids is 1. The van der Waals surface area contributed by atoms with Gasteiger partial charge in [-0.3, -0.25) is 4.79 Å². The number of ether oxygens (including phenoxy) is 5. The van der Waals surface area contributed by atoms with Gasteiger partial charge in [0.2, 0.25) is 5.78 Å². The highest BCUT2D eigenvalue weighted by atomic mass is 16.6. The van der Waals surface area contributed by atoms with Gasteiger partial charge in [-0.05, 0) is 43.7 Å². The van der Waals surface area contributed by atoms with Crippen LogP contribution in [-0.2, 0) is 0 Å². The zero-order valence-corrected chi connectivity index (χ0v) is 21.0. The van der Waals surface area contributed by atoms with Crippen LogP contribution in [0.3, 0.4) is 0 Å². The minimum atomic E-state index is -1.59. The average Bonchev–Trinajstić information content (AvgIpc) is 2.89. The molecular formula is C28H28O10. The van der Waals surface area contributed by atoms with Gasteiger partial charge in [0.1, 0.15) is 22.8 Å². The lowest BCUT2D eigenvalue weighted by molar-refractivity contribution is -0.0130. The van der Waals surface area contributed by atoms with Gasteiger partial charge in [-0.2, -0.15) is 0 Å². The van der Waals surface area contributed by atoms with Crippen molar-refractivity contribution in [2.24, 2.45) is 0 Å². The average molecular weight is 525 g/mol. The van der Waals surface area contributed by atoms with Gasteiger partial charge in [-0.25, -0.2) is 0 Å². The lowest BCUT2D eigenvalue weighted by Gasteiger charge is -2.35. The van der Waals surface area contributed by atoms with E-state index in [2.05, 4.69) is 0 Å². The van der Waals surface area contributed by atoms with E-state index in [0.29, 0.717) is 28.4 Å². The molecule has 0 radical (unpaired) electrons. The van der Waals surface area contributed by atoms with E-state index in [1.165, 1.54) is 25.3 Å². The van der Waals surface area contributed by atoms with E-state index in [1.807, 2.05) is 13.8 Å². The van der Waals surface area contributed by atoms with Gasteiger partial charge >= 0.3 is 0 Å². The summed E-state index contributed by atoms with van der Waals surface area (Å²) in [6.07, 6.45) is -4.34. The maximum Gasteiger partial charge on any atom is 0.202 e. The first-order valence-corrected chi connectivity index (χ1v) is 12.1. The van der Waals surface area contributed by atoms with Crippen molar-refractivity contribution in [3.05, 3.63) is 65.2 Å². The van der Waals surface area contributed by atoms with Crippen LogP contribution in [0.15, 0.2) is 48.5 Å². The molecule has 38 heavy (non-hydrogen) atoms. The number of aromatic hydroxyl groups is 2. The SMILES string of the molecule is COc1cc(C2Oc3cc(C4Oc5cc(OC(C)C)cc(O)c5C(=O)C4O)ccc3OC2CO)ccc1O. The van der Waals surface area contributed by atoms with Crippen LogP contribution >= 0.6 is 0 Å². The largest absolute Gasteiger partial charge is 0.507 e. The van der Waals surface area contributed by atoms with Crippen LogP contribution in [-0.4, -0.2) is 58.2 Å². The summed E-state index contributed by atoms with van der Waals surface area (Å²) in [7, 11) is 1.43. The Morgan fingerprint density at radius 1 is 0.868 bits per heavy atom. The molecule has 0 amide bonds. The van der Waals surface area contributed by atoms with E-state index in [9.17, 15) is 25.2 Å². The summed E-state index contributed by atoms with van der Waals surface area (Å²) in [5, 5.41) is 41.1. The Balaban J connectivity index is 1.48. The molecule has 200 valence electrons. The maximum atomic E-state index is 13.0. The monoisotopic (exact) mass is 524 g/mol. The van der Waals surface area contributed by atoms with Crippen LogP contribution in [0.2, 0.25) is 0 Å². The summed E-state index contributed by atoms with van der Waals surface area (Å²) in [5.74, 6) is 0.239. The number of methoxy groups -OCH3 is 1. The second-order valence-corrected chi connectivity index (χ2v) is 9.34. The third-order valence-corrected chi connectivity index (χ3v) is 6.36. The number of benzene rings is 3. The summed E-state index contributed by atoms with van der Waals surface area (Å²) < 4.78 is 29.0. The zero-order chi connectivity index (χ0) is 27.1. The number of hydrogen-bond donors (Lipinski definition) is 4. The molecule has 3 aromatic rings. The van der Waals surface area contributed by atoms with E-state index in [-0.39, 0.29) is 41.3 Å². The molecule has 10 nitrogen and oxygen atoms in total. The normalized spacial score (nSPS) is 22.0. The van der Waals surface area contributed by atoms with E-state index in [4.69, 9.17) is 23.7 Å². The number of carbonyl (C=O) groups is 1. The van der Waals surface area contributed by atoms with Crippen molar-refractivity contribution in [1.29, 1.82) is 0 Å². The molecule has 0 fully saturated rings. The minimum Gasteiger partial charge on any atom is -0.507 e. The third kappa shape index (κ3) is 4.52. The van der Waals surface area contributed by atoms with Crippen LogP contribution in [0.4, 0.5) is 0 Å². The number of hydrogen-bond acceptors (Lipinski definition) is 10. The first-order chi connectivity index (χ1) is 18.2. The predicted octanol–water partition coefficient (Wildman–Crippen LogP) is 3.44. The molecule has 0 saturated carbocycles. The molecule has 2 heterocycles. The molecule has 2 aliphatic heterocycles. The number of ketones is 1. The number of phenols is 2. The molecule has 0 aliphatic carbocycles. The number of aliphatic hydroxyl groups excluding tert-OH is 2. The number of fused-ring (bicyclic) bond motifs is 2. The fourth-order valence-electron chi connectivity index (χ4n) is 4.61. The first kappa shape index (κ1) is 25.5. The Labute approximate surface area is 218 Å². The zero-order valence-electron chi connectivity index (χ0n) is 21.0.